The van der Waals surface area contributed by atoms with E-state index in [2.05, 4.69) is 0 Å². The molecule has 0 amide bonds. The van der Waals surface area contributed by atoms with Crippen LogP contribution < -0.4 is 0 Å². The van der Waals surface area contributed by atoms with Gasteiger partial charge < -0.3 is 20.4 Å². The second-order valence-corrected chi connectivity index (χ2v) is 8.86. The summed E-state index contributed by atoms with van der Waals surface area (Å²) < 4.78 is 0. The van der Waals surface area contributed by atoms with Gasteiger partial charge in [0, 0.05) is 22.0 Å². The summed E-state index contributed by atoms with van der Waals surface area (Å²) in [6.07, 6.45) is 5.69. The van der Waals surface area contributed by atoms with Crippen molar-refractivity contribution >= 4 is 0 Å². The number of phenolic OH excluding ortho intramolecular Hbond substituents is 4. The number of hydrogen-bond acceptors (Lipinski definition) is 4. The Hall–Kier alpha value is -2.36. The third-order valence-electron chi connectivity index (χ3n) is 7.16. The molecule has 6 rings (SSSR count). The maximum Gasteiger partial charge on any atom is 0.123 e. The number of benzene rings is 2. The molecule has 136 valence electrons. The van der Waals surface area contributed by atoms with E-state index in [4.69, 9.17) is 0 Å². The molecule has 4 fully saturated rings. The van der Waals surface area contributed by atoms with Gasteiger partial charge in [-0.15, -0.1) is 0 Å². The summed E-state index contributed by atoms with van der Waals surface area (Å²) in [4.78, 5) is 0. The van der Waals surface area contributed by atoms with Gasteiger partial charge in [-0.3, -0.25) is 0 Å². The topological polar surface area (TPSA) is 80.9 Å². The Kier molecular flexibility index (Phi) is 3.10. The number of aromatic hydroxyl groups is 4. The van der Waals surface area contributed by atoms with E-state index in [1.807, 2.05) is 0 Å². The molecule has 4 N–H and O–H groups in total. The minimum Gasteiger partial charge on any atom is -0.508 e. The van der Waals surface area contributed by atoms with Gasteiger partial charge in [-0.25, -0.2) is 0 Å². The van der Waals surface area contributed by atoms with Crippen molar-refractivity contribution in [1.82, 2.24) is 0 Å². The first-order valence-electron chi connectivity index (χ1n) is 9.45. The first-order valence-corrected chi connectivity index (χ1v) is 9.45. The van der Waals surface area contributed by atoms with Crippen LogP contribution in [0.25, 0.3) is 0 Å². The Morgan fingerprint density at radius 3 is 1.31 bits per heavy atom. The van der Waals surface area contributed by atoms with Crippen LogP contribution in [0, 0.1) is 11.8 Å². The van der Waals surface area contributed by atoms with Crippen molar-refractivity contribution in [2.45, 2.75) is 49.4 Å². The molecule has 4 aliphatic rings. The first kappa shape index (κ1) is 15.9. The van der Waals surface area contributed by atoms with Gasteiger partial charge in [0.2, 0.25) is 0 Å². The van der Waals surface area contributed by atoms with Crippen LogP contribution >= 0.6 is 0 Å². The van der Waals surface area contributed by atoms with Crippen LogP contribution in [0.15, 0.2) is 36.4 Å². The summed E-state index contributed by atoms with van der Waals surface area (Å²) in [6, 6.07) is 9.93. The van der Waals surface area contributed by atoms with E-state index >= 15 is 0 Å². The number of hydrogen-bond donors (Lipinski definition) is 4. The standard InChI is InChI=1S/C22H24O4/c23-15-3-1-4-16(24)19(15)21-8-13-7-14(9-21)11-22(10-13,12-21)20-17(25)5-2-6-18(20)26/h1-6,13-14,23-26H,7-12H2. The molecule has 4 aliphatic carbocycles. The Morgan fingerprint density at radius 2 is 0.962 bits per heavy atom. The highest BCUT2D eigenvalue weighted by molar-refractivity contribution is 5.54. The van der Waals surface area contributed by atoms with Gasteiger partial charge in [0.1, 0.15) is 23.0 Å². The Labute approximate surface area is 152 Å². The summed E-state index contributed by atoms with van der Waals surface area (Å²) in [5.41, 5.74) is 0.726. The molecule has 0 aliphatic heterocycles. The van der Waals surface area contributed by atoms with E-state index in [1.54, 1.807) is 36.4 Å². The molecule has 2 aromatic rings. The molecule has 26 heavy (non-hydrogen) atoms. The van der Waals surface area contributed by atoms with Gasteiger partial charge >= 0.3 is 0 Å². The van der Waals surface area contributed by atoms with Crippen molar-refractivity contribution in [2.75, 3.05) is 0 Å². The van der Waals surface area contributed by atoms with Crippen LogP contribution in [-0.4, -0.2) is 20.4 Å². The smallest absolute Gasteiger partial charge is 0.123 e. The molecule has 4 bridgehead atoms. The van der Waals surface area contributed by atoms with Crippen LogP contribution in [0.1, 0.15) is 49.7 Å². The Balaban J connectivity index is 1.70. The van der Waals surface area contributed by atoms with Gasteiger partial charge in [-0.1, -0.05) is 12.1 Å². The molecule has 4 nitrogen and oxygen atoms in total. The number of phenols is 4. The summed E-state index contributed by atoms with van der Waals surface area (Å²) in [6.45, 7) is 0. The Morgan fingerprint density at radius 1 is 0.615 bits per heavy atom. The lowest BCUT2D eigenvalue weighted by Crippen LogP contribution is -2.56. The zero-order chi connectivity index (χ0) is 18.1. The average molecular weight is 352 g/mol. The van der Waals surface area contributed by atoms with Gasteiger partial charge in [-0.2, -0.15) is 0 Å². The molecular weight excluding hydrogens is 328 g/mol. The quantitative estimate of drug-likeness (QED) is 0.650. The van der Waals surface area contributed by atoms with Gasteiger partial charge in [0.15, 0.2) is 0 Å². The molecule has 0 atom stereocenters. The molecule has 0 aromatic heterocycles. The minimum atomic E-state index is -0.297. The highest BCUT2D eigenvalue weighted by Crippen LogP contribution is 2.69. The fourth-order valence-electron chi connectivity index (χ4n) is 6.99. The normalized spacial score (nSPS) is 34.9. The fourth-order valence-corrected chi connectivity index (χ4v) is 6.99. The van der Waals surface area contributed by atoms with Crippen LogP contribution in [0.3, 0.4) is 0 Å². The molecule has 0 spiro atoms. The maximum absolute atomic E-state index is 10.6. The summed E-state index contributed by atoms with van der Waals surface area (Å²) in [5, 5.41) is 42.2. The minimum absolute atomic E-state index is 0.156. The fraction of sp³-hybridized carbons (Fsp3) is 0.455. The third-order valence-corrected chi connectivity index (χ3v) is 7.16. The summed E-state index contributed by atoms with van der Waals surface area (Å²) in [5.74, 6) is 1.59. The van der Waals surface area contributed by atoms with E-state index in [0.717, 1.165) is 38.5 Å². The second-order valence-electron chi connectivity index (χ2n) is 8.86. The highest BCUT2D eigenvalue weighted by Gasteiger charge is 2.60. The largest absolute Gasteiger partial charge is 0.508 e. The molecule has 2 aromatic carbocycles. The van der Waals surface area contributed by atoms with Crippen molar-refractivity contribution in [3.8, 4) is 23.0 Å². The van der Waals surface area contributed by atoms with Crippen LogP contribution in [0.2, 0.25) is 0 Å². The van der Waals surface area contributed by atoms with E-state index < -0.39 is 0 Å². The van der Waals surface area contributed by atoms with Gasteiger partial charge in [0.05, 0.1) is 0 Å². The second kappa shape index (κ2) is 5.09. The maximum atomic E-state index is 10.6. The molecule has 0 heterocycles. The van der Waals surface area contributed by atoms with Crippen LogP contribution in [-0.2, 0) is 10.8 Å². The molecule has 0 radical (unpaired) electrons. The predicted molar refractivity (Wildman–Crippen MR) is 97.6 cm³/mol. The lowest BCUT2D eigenvalue weighted by molar-refractivity contribution is -0.0313. The van der Waals surface area contributed by atoms with E-state index in [-0.39, 0.29) is 33.8 Å². The number of rotatable bonds is 2. The van der Waals surface area contributed by atoms with Crippen molar-refractivity contribution in [1.29, 1.82) is 0 Å². The van der Waals surface area contributed by atoms with Crippen molar-refractivity contribution in [3.05, 3.63) is 47.5 Å². The van der Waals surface area contributed by atoms with Crippen molar-refractivity contribution in [2.24, 2.45) is 11.8 Å². The van der Waals surface area contributed by atoms with Crippen molar-refractivity contribution < 1.29 is 20.4 Å². The van der Waals surface area contributed by atoms with Gasteiger partial charge in [-0.05, 0) is 74.6 Å². The van der Waals surface area contributed by atoms with Crippen LogP contribution in [0.4, 0.5) is 0 Å². The van der Waals surface area contributed by atoms with E-state index in [0.29, 0.717) is 23.0 Å². The SMILES string of the molecule is Oc1cccc(O)c1C12CC3CC(C1)CC(c1c(O)cccc1O)(C3)C2. The average Bonchev–Trinajstić information content (AvgIpc) is 2.52. The molecule has 4 saturated carbocycles. The van der Waals surface area contributed by atoms with Crippen molar-refractivity contribution in [3.63, 3.8) is 0 Å². The van der Waals surface area contributed by atoms with Gasteiger partial charge in [0.25, 0.3) is 0 Å². The summed E-state index contributed by atoms with van der Waals surface area (Å²) >= 11 is 0. The highest BCUT2D eigenvalue weighted by atomic mass is 16.3. The zero-order valence-corrected chi connectivity index (χ0v) is 14.7. The Bertz CT molecular complexity index is 764. The molecule has 4 heteroatoms. The third kappa shape index (κ3) is 2.01. The lowest BCUT2D eigenvalue weighted by Gasteiger charge is -2.62. The molecule has 0 saturated heterocycles. The van der Waals surface area contributed by atoms with E-state index in [1.165, 1.54) is 0 Å². The molecular formula is C22H24O4. The van der Waals surface area contributed by atoms with Crippen LogP contribution in [0.5, 0.6) is 23.0 Å². The zero-order valence-electron chi connectivity index (χ0n) is 14.7. The first-order chi connectivity index (χ1) is 12.4. The predicted octanol–water partition coefficient (Wildman–Crippen LogP) is 4.30. The summed E-state index contributed by atoms with van der Waals surface area (Å²) in [7, 11) is 0. The lowest BCUT2D eigenvalue weighted by atomic mass is 9.41. The monoisotopic (exact) mass is 352 g/mol. The van der Waals surface area contributed by atoms with E-state index in [9.17, 15) is 20.4 Å². The molecule has 0 unspecified atom stereocenters.